The predicted molar refractivity (Wildman–Crippen MR) is 75.2 cm³/mol. The summed E-state index contributed by atoms with van der Waals surface area (Å²) in [7, 11) is 0. The van der Waals surface area contributed by atoms with Gasteiger partial charge >= 0.3 is 5.97 Å². The average Bonchev–Trinajstić information content (AvgIpc) is 2.41. The zero-order chi connectivity index (χ0) is 14.9. The van der Waals surface area contributed by atoms with Crippen molar-refractivity contribution >= 4 is 23.3 Å². The van der Waals surface area contributed by atoms with Gasteiger partial charge in [0.2, 0.25) is 0 Å². The van der Waals surface area contributed by atoms with Gasteiger partial charge in [0.05, 0.1) is 10.5 Å². The highest BCUT2D eigenvalue weighted by Gasteiger charge is 2.17. The molecule has 0 aromatic heterocycles. The van der Waals surface area contributed by atoms with Crippen LogP contribution in [0.3, 0.4) is 0 Å². The van der Waals surface area contributed by atoms with E-state index in [4.69, 9.17) is 11.6 Å². The van der Waals surface area contributed by atoms with Crippen molar-refractivity contribution in [2.75, 3.05) is 0 Å². The topological polar surface area (TPSA) is 80.4 Å². The van der Waals surface area contributed by atoms with Crippen LogP contribution in [0.15, 0.2) is 36.4 Å². The molecule has 0 unspecified atom stereocenters. The van der Waals surface area contributed by atoms with E-state index in [1.54, 1.807) is 18.2 Å². The van der Waals surface area contributed by atoms with Crippen molar-refractivity contribution in [2.45, 2.75) is 6.92 Å². The Kier molecular flexibility index (Phi) is 3.72. The molecule has 0 fully saturated rings. The lowest BCUT2D eigenvalue weighted by molar-refractivity contribution is -0.384. The number of rotatable bonds is 3. The largest absolute Gasteiger partial charge is 0.478 e. The zero-order valence-corrected chi connectivity index (χ0v) is 11.2. The summed E-state index contributed by atoms with van der Waals surface area (Å²) in [6.45, 7) is 1.82. The minimum absolute atomic E-state index is 0.00415. The summed E-state index contributed by atoms with van der Waals surface area (Å²) in [5.74, 6) is -1.15. The van der Waals surface area contributed by atoms with E-state index in [1.165, 1.54) is 18.2 Å². The molecular formula is C14H10ClNO4. The molecule has 0 atom stereocenters. The van der Waals surface area contributed by atoms with Gasteiger partial charge in [0.15, 0.2) is 0 Å². The Hall–Kier alpha value is -2.40. The molecule has 0 aliphatic carbocycles. The lowest BCUT2D eigenvalue weighted by Gasteiger charge is -2.08. The molecule has 0 radical (unpaired) electrons. The highest BCUT2D eigenvalue weighted by atomic mass is 35.5. The molecule has 0 spiro atoms. The number of carboxylic acids is 1. The van der Waals surface area contributed by atoms with E-state index in [0.717, 1.165) is 5.56 Å². The fourth-order valence-corrected chi connectivity index (χ4v) is 2.01. The predicted octanol–water partition coefficient (Wildman–Crippen LogP) is 3.92. The molecule has 1 N–H and O–H groups in total. The fraction of sp³-hybridized carbons (Fsp3) is 0.0714. The Morgan fingerprint density at radius 3 is 2.50 bits per heavy atom. The van der Waals surface area contributed by atoms with Crippen molar-refractivity contribution in [2.24, 2.45) is 0 Å². The number of hydrogen-bond acceptors (Lipinski definition) is 3. The second-order valence-electron chi connectivity index (χ2n) is 4.26. The average molecular weight is 292 g/mol. The maximum atomic E-state index is 11.2. The summed E-state index contributed by atoms with van der Waals surface area (Å²) in [5.41, 5.74) is 1.48. The molecule has 5 nitrogen and oxygen atoms in total. The van der Waals surface area contributed by atoms with Crippen LogP contribution >= 0.6 is 11.6 Å². The van der Waals surface area contributed by atoms with Gasteiger partial charge in [-0.15, -0.1) is 0 Å². The van der Waals surface area contributed by atoms with Gasteiger partial charge in [-0.05, 0) is 30.2 Å². The van der Waals surface area contributed by atoms with Crippen molar-refractivity contribution in [3.8, 4) is 11.1 Å². The Bertz CT molecular complexity index is 712. The quantitative estimate of drug-likeness (QED) is 0.686. The molecule has 0 heterocycles. The number of halogens is 1. The molecule has 2 aromatic carbocycles. The van der Waals surface area contributed by atoms with Crippen LogP contribution in [0, 0.1) is 17.0 Å². The van der Waals surface area contributed by atoms with Crippen molar-refractivity contribution in [3.63, 3.8) is 0 Å². The maximum Gasteiger partial charge on any atom is 0.336 e. The fourth-order valence-electron chi connectivity index (χ4n) is 1.83. The lowest BCUT2D eigenvalue weighted by atomic mass is 9.98. The van der Waals surface area contributed by atoms with E-state index < -0.39 is 10.9 Å². The number of benzene rings is 2. The van der Waals surface area contributed by atoms with Crippen molar-refractivity contribution in [3.05, 3.63) is 62.7 Å². The van der Waals surface area contributed by atoms with Crippen molar-refractivity contribution < 1.29 is 14.8 Å². The van der Waals surface area contributed by atoms with Crippen LogP contribution in [0.25, 0.3) is 11.1 Å². The number of aryl methyl sites for hydroxylation is 1. The molecule has 2 aromatic rings. The molecule has 0 saturated carbocycles. The van der Waals surface area contributed by atoms with Gasteiger partial charge in [-0.2, -0.15) is 0 Å². The second-order valence-corrected chi connectivity index (χ2v) is 4.66. The molecule has 6 heteroatoms. The monoisotopic (exact) mass is 291 g/mol. The number of carboxylic acid groups (broad SMARTS) is 1. The van der Waals surface area contributed by atoms with E-state index in [1.807, 2.05) is 6.92 Å². The van der Waals surface area contributed by atoms with Gasteiger partial charge in [-0.3, -0.25) is 10.1 Å². The van der Waals surface area contributed by atoms with E-state index in [0.29, 0.717) is 10.6 Å². The first kappa shape index (κ1) is 14.0. The van der Waals surface area contributed by atoms with Crippen LogP contribution in [0.1, 0.15) is 15.9 Å². The Morgan fingerprint density at radius 1 is 1.25 bits per heavy atom. The first-order valence-corrected chi connectivity index (χ1v) is 6.06. The first-order valence-electron chi connectivity index (χ1n) is 5.68. The Labute approximate surface area is 119 Å². The first-order chi connectivity index (χ1) is 9.40. The summed E-state index contributed by atoms with van der Waals surface area (Å²) in [5, 5.41) is 20.5. The van der Waals surface area contributed by atoms with Crippen LogP contribution < -0.4 is 0 Å². The molecule has 0 saturated heterocycles. The summed E-state index contributed by atoms with van der Waals surface area (Å²) < 4.78 is 0. The molecule has 0 aliphatic heterocycles. The van der Waals surface area contributed by atoms with E-state index >= 15 is 0 Å². The number of aromatic carboxylic acids is 1. The molecular weight excluding hydrogens is 282 g/mol. The third-order valence-electron chi connectivity index (χ3n) is 2.93. The van der Waals surface area contributed by atoms with E-state index in [2.05, 4.69) is 0 Å². The maximum absolute atomic E-state index is 11.2. The number of carbonyl (C=O) groups is 1. The third-order valence-corrected chi connectivity index (χ3v) is 3.33. The number of hydrogen-bond donors (Lipinski definition) is 1. The van der Waals surface area contributed by atoms with Crippen LogP contribution in [0.2, 0.25) is 5.02 Å². The molecule has 0 bridgehead atoms. The summed E-state index contributed by atoms with van der Waals surface area (Å²) in [6, 6.07) is 8.66. The lowest BCUT2D eigenvalue weighted by Crippen LogP contribution is -2.01. The summed E-state index contributed by atoms with van der Waals surface area (Å²) in [4.78, 5) is 21.5. The normalized spacial score (nSPS) is 10.3. The van der Waals surface area contributed by atoms with Crippen LogP contribution in [0.4, 0.5) is 5.69 Å². The molecule has 102 valence electrons. The van der Waals surface area contributed by atoms with Gasteiger partial charge in [0.1, 0.15) is 0 Å². The molecule has 0 amide bonds. The zero-order valence-electron chi connectivity index (χ0n) is 10.5. The second kappa shape index (κ2) is 5.30. The summed E-state index contributed by atoms with van der Waals surface area (Å²) in [6.07, 6.45) is 0. The number of nitro benzene ring substituents is 1. The van der Waals surface area contributed by atoms with Crippen molar-refractivity contribution in [1.82, 2.24) is 0 Å². The number of nitrogens with zero attached hydrogens (tertiary/aromatic N) is 1. The van der Waals surface area contributed by atoms with Gasteiger partial charge < -0.3 is 5.11 Å². The third kappa shape index (κ3) is 2.62. The molecule has 0 aliphatic rings. The highest BCUT2D eigenvalue weighted by molar-refractivity contribution is 6.31. The van der Waals surface area contributed by atoms with Gasteiger partial charge in [0, 0.05) is 22.7 Å². The smallest absolute Gasteiger partial charge is 0.336 e. The van der Waals surface area contributed by atoms with Crippen LogP contribution in [-0.4, -0.2) is 16.0 Å². The molecule has 2 rings (SSSR count). The Balaban J connectivity index is 2.68. The minimum Gasteiger partial charge on any atom is -0.478 e. The Morgan fingerprint density at radius 2 is 1.95 bits per heavy atom. The molecule has 20 heavy (non-hydrogen) atoms. The van der Waals surface area contributed by atoms with E-state index in [9.17, 15) is 20.0 Å². The highest BCUT2D eigenvalue weighted by Crippen LogP contribution is 2.31. The SMILES string of the molecule is Cc1ccc(-c2cc([N+](=O)[O-])ccc2C(=O)O)cc1Cl. The minimum atomic E-state index is -1.15. The van der Waals surface area contributed by atoms with Crippen LogP contribution in [-0.2, 0) is 0 Å². The summed E-state index contributed by atoms with van der Waals surface area (Å²) >= 11 is 6.02. The standard InChI is InChI=1S/C14H10ClNO4/c1-8-2-3-9(6-13(8)15)12-7-10(16(19)20)4-5-11(12)14(17)18/h2-7H,1H3,(H,17,18). The van der Waals surface area contributed by atoms with E-state index in [-0.39, 0.29) is 16.8 Å². The van der Waals surface area contributed by atoms with Crippen LogP contribution in [0.5, 0.6) is 0 Å². The van der Waals surface area contributed by atoms with Crippen molar-refractivity contribution in [1.29, 1.82) is 0 Å². The van der Waals surface area contributed by atoms with Gasteiger partial charge in [0.25, 0.3) is 5.69 Å². The van der Waals surface area contributed by atoms with Gasteiger partial charge in [-0.25, -0.2) is 4.79 Å². The number of nitro groups is 1. The van der Waals surface area contributed by atoms with Gasteiger partial charge in [-0.1, -0.05) is 23.7 Å². The number of non-ortho nitro benzene ring substituents is 1.